The Labute approximate surface area is 128 Å². The Bertz CT molecular complexity index is 456. The van der Waals surface area contributed by atoms with Gasteiger partial charge in [0.05, 0.1) is 0 Å². The van der Waals surface area contributed by atoms with Gasteiger partial charge in [0, 0.05) is 19.1 Å². The van der Waals surface area contributed by atoms with Crippen molar-refractivity contribution in [1.82, 2.24) is 10.2 Å². The van der Waals surface area contributed by atoms with Gasteiger partial charge in [-0.1, -0.05) is 19.1 Å². The summed E-state index contributed by atoms with van der Waals surface area (Å²) in [5.41, 5.74) is 2.29. The summed E-state index contributed by atoms with van der Waals surface area (Å²) in [5.74, 6) is 0.812. The fraction of sp³-hybridized carbons (Fsp3) is 0.588. The summed E-state index contributed by atoms with van der Waals surface area (Å²) in [5, 5.41) is 3.39. The minimum Gasteiger partial charge on any atom is -0.484 e. The zero-order valence-electron chi connectivity index (χ0n) is 13.9. The molecule has 1 aromatic carbocycles. The first-order valence-electron chi connectivity index (χ1n) is 7.77. The number of ether oxygens (including phenoxy) is 1. The molecule has 0 radical (unpaired) electrons. The van der Waals surface area contributed by atoms with Gasteiger partial charge in [0.1, 0.15) is 5.75 Å². The van der Waals surface area contributed by atoms with Crippen molar-refractivity contribution in [1.29, 1.82) is 0 Å². The summed E-state index contributed by atoms with van der Waals surface area (Å²) < 4.78 is 5.67. The van der Waals surface area contributed by atoms with Gasteiger partial charge in [-0.2, -0.15) is 0 Å². The van der Waals surface area contributed by atoms with E-state index < -0.39 is 0 Å². The molecule has 1 N–H and O–H groups in total. The van der Waals surface area contributed by atoms with Crippen LogP contribution in [0.4, 0.5) is 0 Å². The first kappa shape index (κ1) is 17.5. The van der Waals surface area contributed by atoms with Gasteiger partial charge in [0.25, 0.3) is 5.91 Å². The van der Waals surface area contributed by atoms with E-state index in [0.29, 0.717) is 6.04 Å². The van der Waals surface area contributed by atoms with Crippen LogP contribution in [-0.2, 0) is 4.79 Å². The number of benzene rings is 1. The molecule has 0 aliphatic rings. The van der Waals surface area contributed by atoms with Gasteiger partial charge in [-0.15, -0.1) is 0 Å². The molecule has 0 heterocycles. The normalized spacial score (nSPS) is 12.0. The van der Waals surface area contributed by atoms with Crippen molar-refractivity contribution < 1.29 is 9.53 Å². The van der Waals surface area contributed by atoms with E-state index in [1.807, 2.05) is 26.8 Å². The molecule has 0 fully saturated rings. The molecule has 0 aromatic heterocycles. The van der Waals surface area contributed by atoms with E-state index in [2.05, 4.69) is 31.3 Å². The van der Waals surface area contributed by atoms with Gasteiger partial charge < -0.3 is 15.0 Å². The molecule has 1 unspecified atom stereocenters. The van der Waals surface area contributed by atoms with Gasteiger partial charge in [-0.05, 0) is 51.4 Å². The summed E-state index contributed by atoms with van der Waals surface area (Å²) in [6.45, 7) is 12.7. The van der Waals surface area contributed by atoms with Crippen LogP contribution in [0, 0.1) is 6.92 Å². The molecule has 0 saturated heterocycles. The van der Waals surface area contributed by atoms with Crippen LogP contribution in [0.3, 0.4) is 0 Å². The van der Waals surface area contributed by atoms with Crippen molar-refractivity contribution in [2.45, 2.75) is 40.7 Å². The lowest BCUT2D eigenvalue weighted by atomic mass is 10.1. The number of amides is 1. The Kier molecular flexibility index (Phi) is 7.23. The van der Waals surface area contributed by atoms with Crippen molar-refractivity contribution in [3.63, 3.8) is 0 Å². The van der Waals surface area contributed by atoms with Crippen LogP contribution >= 0.6 is 0 Å². The fourth-order valence-electron chi connectivity index (χ4n) is 2.34. The number of nitrogens with one attached hydrogen (secondary N) is 1. The predicted molar refractivity (Wildman–Crippen MR) is 86.7 cm³/mol. The fourth-order valence-corrected chi connectivity index (χ4v) is 2.34. The summed E-state index contributed by atoms with van der Waals surface area (Å²) in [6, 6.07) is 6.44. The summed E-state index contributed by atoms with van der Waals surface area (Å²) in [4.78, 5) is 13.7. The standard InChI is InChI=1S/C17H28N2O2/c1-6-18-14(5)15-9-10-16(13(4)11-15)21-12-17(20)19(7-2)8-3/h9-11,14,18H,6-8,12H2,1-5H3. The summed E-state index contributed by atoms with van der Waals surface area (Å²) >= 11 is 0. The number of rotatable bonds is 8. The summed E-state index contributed by atoms with van der Waals surface area (Å²) in [7, 11) is 0. The van der Waals surface area contributed by atoms with E-state index >= 15 is 0 Å². The van der Waals surface area contributed by atoms with E-state index in [1.165, 1.54) is 5.56 Å². The van der Waals surface area contributed by atoms with Gasteiger partial charge >= 0.3 is 0 Å². The van der Waals surface area contributed by atoms with E-state index in [-0.39, 0.29) is 12.5 Å². The first-order chi connectivity index (χ1) is 10.0. The van der Waals surface area contributed by atoms with Gasteiger partial charge in [-0.3, -0.25) is 4.79 Å². The van der Waals surface area contributed by atoms with Gasteiger partial charge in [-0.25, -0.2) is 0 Å². The van der Waals surface area contributed by atoms with E-state index in [1.54, 1.807) is 4.90 Å². The van der Waals surface area contributed by atoms with E-state index in [4.69, 9.17) is 4.74 Å². The third kappa shape index (κ3) is 5.05. The van der Waals surface area contributed by atoms with Gasteiger partial charge in [0.2, 0.25) is 0 Å². The van der Waals surface area contributed by atoms with Crippen LogP contribution in [0.5, 0.6) is 5.75 Å². The van der Waals surface area contributed by atoms with E-state index in [9.17, 15) is 4.79 Å². The Morgan fingerprint density at radius 2 is 1.95 bits per heavy atom. The zero-order chi connectivity index (χ0) is 15.8. The number of hydrogen-bond acceptors (Lipinski definition) is 3. The molecule has 21 heavy (non-hydrogen) atoms. The molecule has 1 aromatic rings. The van der Waals surface area contributed by atoms with Crippen LogP contribution in [0.2, 0.25) is 0 Å². The minimum absolute atomic E-state index is 0.0319. The lowest BCUT2D eigenvalue weighted by molar-refractivity contribution is -0.132. The number of hydrogen-bond donors (Lipinski definition) is 1. The smallest absolute Gasteiger partial charge is 0.260 e. The number of carbonyl (C=O) groups is 1. The monoisotopic (exact) mass is 292 g/mol. The van der Waals surface area contributed by atoms with Crippen LogP contribution in [-0.4, -0.2) is 37.0 Å². The average Bonchev–Trinajstić information content (AvgIpc) is 2.47. The molecule has 0 spiro atoms. The van der Waals surface area contributed by atoms with Crippen molar-refractivity contribution in [2.75, 3.05) is 26.2 Å². The highest BCUT2D eigenvalue weighted by Crippen LogP contribution is 2.22. The van der Waals surface area contributed by atoms with Crippen molar-refractivity contribution in [3.8, 4) is 5.75 Å². The molecule has 0 bridgehead atoms. The second kappa shape index (κ2) is 8.67. The lowest BCUT2D eigenvalue weighted by Gasteiger charge is -2.19. The highest BCUT2D eigenvalue weighted by atomic mass is 16.5. The number of aryl methyl sites for hydroxylation is 1. The van der Waals surface area contributed by atoms with Crippen molar-refractivity contribution in [2.24, 2.45) is 0 Å². The Morgan fingerprint density at radius 1 is 1.29 bits per heavy atom. The number of carbonyl (C=O) groups excluding carboxylic acids is 1. The van der Waals surface area contributed by atoms with E-state index in [0.717, 1.165) is 30.9 Å². The molecule has 4 heteroatoms. The second-order valence-corrected chi connectivity index (χ2v) is 5.16. The highest BCUT2D eigenvalue weighted by Gasteiger charge is 2.12. The zero-order valence-corrected chi connectivity index (χ0v) is 13.9. The molecule has 0 aliphatic carbocycles. The minimum atomic E-state index is 0.0319. The lowest BCUT2D eigenvalue weighted by Crippen LogP contribution is -2.34. The van der Waals surface area contributed by atoms with Crippen LogP contribution in [0.25, 0.3) is 0 Å². The molecule has 1 rings (SSSR count). The molecule has 0 saturated carbocycles. The van der Waals surface area contributed by atoms with Gasteiger partial charge in [0.15, 0.2) is 6.61 Å². The molecule has 0 aliphatic heterocycles. The second-order valence-electron chi connectivity index (χ2n) is 5.16. The van der Waals surface area contributed by atoms with Crippen LogP contribution < -0.4 is 10.1 Å². The van der Waals surface area contributed by atoms with Crippen molar-refractivity contribution in [3.05, 3.63) is 29.3 Å². The van der Waals surface area contributed by atoms with Crippen molar-refractivity contribution >= 4 is 5.91 Å². The number of nitrogens with zero attached hydrogens (tertiary/aromatic N) is 1. The largest absolute Gasteiger partial charge is 0.484 e. The maximum Gasteiger partial charge on any atom is 0.260 e. The molecule has 1 atom stereocenters. The molecular formula is C17H28N2O2. The van der Waals surface area contributed by atoms with Crippen LogP contribution in [0.1, 0.15) is 44.9 Å². The quantitative estimate of drug-likeness (QED) is 0.801. The molecule has 4 nitrogen and oxygen atoms in total. The molecule has 118 valence electrons. The predicted octanol–water partition coefficient (Wildman–Crippen LogP) is 2.91. The third-order valence-electron chi connectivity index (χ3n) is 3.68. The Morgan fingerprint density at radius 3 is 2.48 bits per heavy atom. The summed E-state index contributed by atoms with van der Waals surface area (Å²) in [6.07, 6.45) is 0. The maximum absolute atomic E-state index is 11.9. The maximum atomic E-state index is 11.9. The molecular weight excluding hydrogens is 264 g/mol. The number of likely N-dealkylation sites (N-methyl/N-ethyl adjacent to an activating group) is 1. The Balaban J connectivity index is 2.67. The average molecular weight is 292 g/mol. The first-order valence-corrected chi connectivity index (χ1v) is 7.77. The highest BCUT2D eigenvalue weighted by molar-refractivity contribution is 5.77. The SMILES string of the molecule is CCNC(C)c1ccc(OCC(=O)N(CC)CC)c(C)c1. The Hall–Kier alpha value is -1.55. The molecule has 1 amide bonds. The topological polar surface area (TPSA) is 41.6 Å². The van der Waals surface area contributed by atoms with Crippen LogP contribution in [0.15, 0.2) is 18.2 Å². The third-order valence-corrected chi connectivity index (χ3v) is 3.68.